The molecule has 0 aliphatic heterocycles. The van der Waals surface area contributed by atoms with Gasteiger partial charge in [-0.1, -0.05) is 50.2 Å². The van der Waals surface area contributed by atoms with Crippen LogP contribution >= 0.6 is 0 Å². The number of amides is 1. The van der Waals surface area contributed by atoms with Crippen LogP contribution in [0.5, 0.6) is 5.75 Å². The number of nitrogens with zero attached hydrogens (tertiary/aromatic N) is 1. The fourth-order valence-electron chi connectivity index (χ4n) is 2.86. The number of carbonyl (C=O) groups is 2. The van der Waals surface area contributed by atoms with Gasteiger partial charge in [-0.2, -0.15) is 0 Å². The van der Waals surface area contributed by atoms with Gasteiger partial charge in [0.25, 0.3) is 5.89 Å². The lowest BCUT2D eigenvalue weighted by atomic mass is 10.00. The summed E-state index contributed by atoms with van der Waals surface area (Å²) in [5.41, 5.74) is 1.79. The average Bonchev–Trinajstić information content (AvgIpc) is 3.16. The third-order valence-corrected chi connectivity index (χ3v) is 4.33. The number of carbonyl (C=O) groups excluding carboxylic acids is 2. The Morgan fingerprint density at radius 3 is 2.55 bits per heavy atom. The first kappa shape index (κ1) is 20.4. The van der Waals surface area contributed by atoms with Gasteiger partial charge in [-0.15, -0.1) is 0 Å². The molecule has 2 aromatic carbocycles. The number of benzene rings is 2. The van der Waals surface area contributed by atoms with Gasteiger partial charge >= 0.3 is 6.09 Å². The average molecular weight is 396 g/mol. The van der Waals surface area contributed by atoms with Crippen LogP contribution in [0.25, 0.3) is 11.1 Å². The van der Waals surface area contributed by atoms with Gasteiger partial charge in [0.15, 0.2) is 11.1 Å². The number of para-hydroxylation sites is 1. The van der Waals surface area contributed by atoms with Gasteiger partial charge in [0, 0.05) is 0 Å². The summed E-state index contributed by atoms with van der Waals surface area (Å²) in [4.78, 5) is 29.5. The first-order valence-corrected chi connectivity index (χ1v) is 9.53. The summed E-state index contributed by atoms with van der Waals surface area (Å²) in [7, 11) is 0. The second-order valence-electron chi connectivity index (χ2n) is 6.85. The molecule has 29 heavy (non-hydrogen) atoms. The van der Waals surface area contributed by atoms with E-state index in [9.17, 15) is 9.59 Å². The molecule has 1 aromatic heterocycles. The molecule has 0 spiro atoms. The smallest absolute Gasteiger partial charge is 0.408 e. The summed E-state index contributed by atoms with van der Waals surface area (Å²) in [5, 5.41) is 2.63. The van der Waals surface area contributed by atoms with Crippen molar-refractivity contribution in [1.82, 2.24) is 10.3 Å². The molecule has 7 nitrogen and oxygen atoms in total. The fourth-order valence-corrected chi connectivity index (χ4v) is 2.86. The van der Waals surface area contributed by atoms with Crippen molar-refractivity contribution in [3.8, 4) is 5.75 Å². The van der Waals surface area contributed by atoms with Crippen molar-refractivity contribution in [2.24, 2.45) is 5.92 Å². The lowest BCUT2D eigenvalue weighted by molar-refractivity contribution is 0.0855. The molecule has 0 aliphatic carbocycles. The van der Waals surface area contributed by atoms with Gasteiger partial charge in [0.2, 0.25) is 5.78 Å². The van der Waals surface area contributed by atoms with Crippen LogP contribution in [0.1, 0.15) is 37.0 Å². The molecule has 3 aromatic rings. The van der Waals surface area contributed by atoms with Gasteiger partial charge in [-0.05, 0) is 30.5 Å². The molecule has 0 fully saturated rings. The van der Waals surface area contributed by atoms with Crippen molar-refractivity contribution in [3.05, 3.63) is 60.0 Å². The number of nitrogens with one attached hydrogen (secondary N) is 1. The van der Waals surface area contributed by atoms with E-state index >= 15 is 0 Å². The van der Waals surface area contributed by atoms with Crippen molar-refractivity contribution in [2.75, 3.05) is 6.61 Å². The summed E-state index contributed by atoms with van der Waals surface area (Å²) in [6.45, 7) is 6.11. The predicted octanol–water partition coefficient (Wildman–Crippen LogP) is 4.36. The summed E-state index contributed by atoms with van der Waals surface area (Å²) in [6.07, 6.45) is -0.674. The van der Waals surface area contributed by atoms with Gasteiger partial charge < -0.3 is 19.2 Å². The Bertz CT molecular complexity index is 981. The number of alkyl carbamates (subject to hydrolysis) is 1. The minimum atomic E-state index is -0.832. The van der Waals surface area contributed by atoms with Crippen molar-refractivity contribution < 1.29 is 23.5 Å². The molecular weight excluding hydrogens is 372 g/mol. The number of ketones is 1. The molecule has 0 saturated heterocycles. The quantitative estimate of drug-likeness (QED) is 0.569. The Kier molecular flexibility index (Phi) is 6.49. The van der Waals surface area contributed by atoms with Crippen LogP contribution in [0.2, 0.25) is 0 Å². The lowest BCUT2D eigenvalue weighted by Gasteiger charge is -2.19. The maximum absolute atomic E-state index is 13.0. The maximum atomic E-state index is 13.0. The lowest BCUT2D eigenvalue weighted by Crippen LogP contribution is -2.44. The van der Waals surface area contributed by atoms with Crippen LogP contribution in [0.4, 0.5) is 4.79 Å². The number of hydrogen-bond acceptors (Lipinski definition) is 6. The van der Waals surface area contributed by atoms with Crippen LogP contribution in [0, 0.1) is 5.92 Å². The highest BCUT2D eigenvalue weighted by Crippen LogP contribution is 2.26. The first-order chi connectivity index (χ1) is 14.0. The molecule has 1 amide bonds. The Hall–Kier alpha value is -3.35. The van der Waals surface area contributed by atoms with Gasteiger partial charge in [0.05, 0.1) is 6.61 Å². The van der Waals surface area contributed by atoms with Crippen LogP contribution < -0.4 is 10.1 Å². The summed E-state index contributed by atoms with van der Waals surface area (Å²) in [6, 6.07) is 13.7. The summed E-state index contributed by atoms with van der Waals surface area (Å²) < 4.78 is 16.4. The molecule has 0 saturated carbocycles. The molecule has 0 radical (unpaired) electrons. The topological polar surface area (TPSA) is 90.7 Å². The molecular formula is C22H24N2O5. The third kappa shape index (κ3) is 4.93. The fraction of sp³-hybridized carbons (Fsp3) is 0.318. The Morgan fingerprint density at radius 2 is 1.86 bits per heavy atom. The monoisotopic (exact) mass is 396 g/mol. The van der Waals surface area contributed by atoms with E-state index in [-0.39, 0.29) is 18.4 Å². The summed E-state index contributed by atoms with van der Waals surface area (Å²) >= 11 is 0. The Labute approximate surface area is 169 Å². The third-order valence-electron chi connectivity index (χ3n) is 4.33. The van der Waals surface area contributed by atoms with Crippen LogP contribution in [-0.4, -0.2) is 29.5 Å². The van der Waals surface area contributed by atoms with Crippen molar-refractivity contribution in [2.45, 2.75) is 33.4 Å². The van der Waals surface area contributed by atoms with Gasteiger partial charge in [-0.25, -0.2) is 9.78 Å². The van der Waals surface area contributed by atoms with E-state index in [1.54, 1.807) is 18.2 Å². The first-order valence-electron chi connectivity index (χ1n) is 9.53. The van der Waals surface area contributed by atoms with Crippen LogP contribution in [0.15, 0.2) is 52.9 Å². The minimum absolute atomic E-state index is 0.0748. The van der Waals surface area contributed by atoms with E-state index in [2.05, 4.69) is 10.3 Å². The molecule has 0 aliphatic rings. The zero-order valence-corrected chi connectivity index (χ0v) is 16.7. The molecule has 0 unspecified atom stereocenters. The molecule has 3 rings (SSSR count). The highest BCUT2D eigenvalue weighted by Gasteiger charge is 2.30. The minimum Gasteiger partial charge on any atom is -0.491 e. The number of rotatable bonds is 8. The van der Waals surface area contributed by atoms with Crippen molar-refractivity contribution in [3.63, 3.8) is 0 Å². The Morgan fingerprint density at radius 1 is 1.10 bits per heavy atom. The number of oxazole rings is 1. The molecule has 1 heterocycles. The van der Waals surface area contributed by atoms with E-state index in [0.717, 1.165) is 5.56 Å². The van der Waals surface area contributed by atoms with E-state index in [1.165, 1.54) is 0 Å². The van der Waals surface area contributed by atoms with E-state index in [4.69, 9.17) is 13.9 Å². The maximum Gasteiger partial charge on any atom is 0.408 e. The molecule has 1 atom stereocenters. The second kappa shape index (κ2) is 9.23. The normalized spacial score (nSPS) is 12.0. The van der Waals surface area contributed by atoms with Gasteiger partial charge in [-0.3, -0.25) is 4.79 Å². The molecule has 1 N–H and O–H groups in total. The largest absolute Gasteiger partial charge is 0.491 e. The standard InChI is InChI=1S/C22H24N2O5/c1-4-27-16-11-8-12-17-19(16)23-21(29-17)20(25)18(14(2)3)24-22(26)28-13-15-9-6-5-7-10-15/h5-12,14,18H,4,13H2,1-3H3,(H,24,26)/t18-/m0/s1. The number of ether oxygens (including phenoxy) is 2. The van der Waals surface area contributed by atoms with Crippen LogP contribution in [-0.2, 0) is 11.3 Å². The molecule has 0 bridgehead atoms. The highest BCUT2D eigenvalue weighted by atomic mass is 16.5. The van der Waals surface area contributed by atoms with Crippen LogP contribution in [0.3, 0.4) is 0 Å². The summed E-state index contributed by atoms with van der Waals surface area (Å²) in [5.74, 6) is -0.137. The van der Waals surface area contributed by atoms with E-state index < -0.39 is 17.9 Å². The number of aromatic nitrogens is 1. The van der Waals surface area contributed by atoms with E-state index in [1.807, 2.05) is 51.1 Å². The number of Topliss-reactive ketones (excluding diaryl/α,β-unsaturated/α-hetero) is 1. The SMILES string of the molecule is CCOc1cccc2oc(C(=O)[C@@H](NC(=O)OCc3ccccc3)C(C)C)nc12. The van der Waals surface area contributed by atoms with Crippen molar-refractivity contribution >= 4 is 23.0 Å². The van der Waals surface area contributed by atoms with Crippen molar-refractivity contribution in [1.29, 1.82) is 0 Å². The van der Waals surface area contributed by atoms with Gasteiger partial charge in [0.1, 0.15) is 18.4 Å². The second-order valence-corrected chi connectivity index (χ2v) is 6.85. The zero-order chi connectivity index (χ0) is 20.8. The number of fused-ring (bicyclic) bond motifs is 1. The molecule has 152 valence electrons. The molecule has 7 heteroatoms. The highest BCUT2D eigenvalue weighted by molar-refractivity contribution is 6.00. The van der Waals surface area contributed by atoms with E-state index in [0.29, 0.717) is 23.5 Å². The Balaban J connectivity index is 1.73. The predicted molar refractivity (Wildman–Crippen MR) is 108 cm³/mol. The number of hydrogen-bond donors (Lipinski definition) is 1. The zero-order valence-electron chi connectivity index (χ0n) is 16.7.